The van der Waals surface area contributed by atoms with E-state index in [0.717, 1.165) is 18.7 Å². The molecular weight excluding hydrogens is 232 g/mol. The second-order valence-electron chi connectivity index (χ2n) is 4.21. The third kappa shape index (κ3) is 2.92. The number of hydrogen-bond acceptors (Lipinski definition) is 4. The number of nitrogens with one attached hydrogen (secondary N) is 1. The van der Waals surface area contributed by atoms with Crippen molar-refractivity contribution in [3.63, 3.8) is 0 Å². The molecular formula is C12H18N4S. The zero-order valence-electron chi connectivity index (χ0n) is 10.5. The molecule has 0 saturated heterocycles. The highest BCUT2D eigenvalue weighted by atomic mass is 32.1. The third-order valence-corrected chi connectivity index (χ3v) is 3.66. The van der Waals surface area contributed by atoms with Crippen LogP contribution in [0.2, 0.25) is 0 Å². The molecule has 1 atom stereocenters. The van der Waals surface area contributed by atoms with Crippen LogP contribution in [-0.4, -0.2) is 21.5 Å². The Labute approximate surface area is 106 Å². The maximum absolute atomic E-state index is 4.15. The van der Waals surface area contributed by atoms with E-state index in [1.165, 1.54) is 11.1 Å². The molecule has 17 heavy (non-hydrogen) atoms. The number of aromatic nitrogens is 3. The first kappa shape index (κ1) is 12.3. The van der Waals surface area contributed by atoms with E-state index in [4.69, 9.17) is 0 Å². The van der Waals surface area contributed by atoms with Crippen LogP contribution >= 0.6 is 11.3 Å². The predicted molar refractivity (Wildman–Crippen MR) is 70.2 cm³/mol. The zero-order chi connectivity index (χ0) is 12.3. The van der Waals surface area contributed by atoms with Gasteiger partial charge in [-0.2, -0.15) is 11.3 Å². The van der Waals surface area contributed by atoms with Gasteiger partial charge in [-0.25, -0.2) is 0 Å². The van der Waals surface area contributed by atoms with Crippen LogP contribution < -0.4 is 5.32 Å². The minimum absolute atomic E-state index is 0.336. The first-order valence-corrected chi connectivity index (χ1v) is 6.76. The number of aryl methyl sites for hydroxylation is 2. The molecule has 0 radical (unpaired) electrons. The molecule has 0 aliphatic carbocycles. The second kappa shape index (κ2) is 5.42. The predicted octanol–water partition coefficient (Wildman–Crippen LogP) is 2.08. The van der Waals surface area contributed by atoms with E-state index in [-0.39, 0.29) is 0 Å². The molecule has 0 saturated carbocycles. The van der Waals surface area contributed by atoms with Gasteiger partial charge in [0.15, 0.2) is 0 Å². The van der Waals surface area contributed by atoms with Crippen LogP contribution in [0.3, 0.4) is 0 Å². The summed E-state index contributed by atoms with van der Waals surface area (Å²) >= 11 is 1.75. The zero-order valence-corrected chi connectivity index (χ0v) is 11.3. The van der Waals surface area contributed by atoms with E-state index in [2.05, 4.69) is 40.2 Å². The van der Waals surface area contributed by atoms with Crippen molar-refractivity contribution in [3.8, 4) is 0 Å². The minimum atomic E-state index is 0.336. The van der Waals surface area contributed by atoms with Crippen molar-refractivity contribution in [1.29, 1.82) is 0 Å². The number of nitrogens with zero attached hydrogens (tertiary/aromatic N) is 3. The van der Waals surface area contributed by atoms with Gasteiger partial charge in [-0.3, -0.25) is 4.68 Å². The Morgan fingerprint density at radius 3 is 2.82 bits per heavy atom. The monoisotopic (exact) mass is 250 g/mol. The van der Waals surface area contributed by atoms with Crippen LogP contribution in [0, 0.1) is 6.92 Å². The van der Waals surface area contributed by atoms with Crippen molar-refractivity contribution in [2.24, 2.45) is 7.05 Å². The first-order chi connectivity index (χ1) is 8.20. The molecule has 2 aromatic rings. The van der Waals surface area contributed by atoms with Crippen LogP contribution in [0.25, 0.3) is 0 Å². The maximum Gasteiger partial charge on any atom is 0.0845 e. The van der Waals surface area contributed by atoms with Crippen molar-refractivity contribution >= 4 is 11.3 Å². The molecule has 2 aromatic heterocycles. The van der Waals surface area contributed by atoms with Crippen LogP contribution in [0.4, 0.5) is 0 Å². The lowest BCUT2D eigenvalue weighted by Crippen LogP contribution is -2.23. The molecule has 0 aromatic carbocycles. The lowest BCUT2D eigenvalue weighted by atomic mass is 10.0. The topological polar surface area (TPSA) is 42.7 Å². The first-order valence-electron chi connectivity index (χ1n) is 5.82. The summed E-state index contributed by atoms with van der Waals surface area (Å²) in [4.78, 5) is 0. The van der Waals surface area contributed by atoms with E-state index in [9.17, 15) is 0 Å². The van der Waals surface area contributed by atoms with Crippen molar-refractivity contribution < 1.29 is 0 Å². The summed E-state index contributed by atoms with van der Waals surface area (Å²) in [5.74, 6) is 0. The largest absolute Gasteiger partial charge is 0.310 e. The molecule has 0 aliphatic heterocycles. The molecule has 92 valence electrons. The highest BCUT2D eigenvalue weighted by Gasteiger charge is 2.15. The second-order valence-corrected chi connectivity index (χ2v) is 4.95. The van der Waals surface area contributed by atoms with Gasteiger partial charge in [-0.1, -0.05) is 12.1 Å². The summed E-state index contributed by atoms with van der Waals surface area (Å²) < 4.78 is 1.75. The fourth-order valence-electron chi connectivity index (χ4n) is 1.96. The fraction of sp³-hybridized carbons (Fsp3) is 0.500. The Bertz CT molecular complexity index is 474. The average molecular weight is 250 g/mol. The molecule has 4 nitrogen and oxygen atoms in total. The maximum atomic E-state index is 4.15. The molecule has 2 rings (SSSR count). The Morgan fingerprint density at radius 2 is 2.29 bits per heavy atom. The standard InChI is InChI=1S/C12H18N4S/c1-4-13-12(11-8-17-7-9(11)2)5-10-6-16(3)15-14-10/h6-8,12-13H,4-5H2,1-3H3. The lowest BCUT2D eigenvalue weighted by Gasteiger charge is -2.16. The minimum Gasteiger partial charge on any atom is -0.310 e. The summed E-state index contributed by atoms with van der Waals surface area (Å²) in [6, 6.07) is 0.336. The van der Waals surface area contributed by atoms with Crippen molar-refractivity contribution in [1.82, 2.24) is 20.3 Å². The van der Waals surface area contributed by atoms with E-state index < -0.39 is 0 Å². The summed E-state index contributed by atoms with van der Waals surface area (Å²) in [5.41, 5.74) is 3.76. The van der Waals surface area contributed by atoms with Gasteiger partial charge in [0.1, 0.15) is 0 Å². The quantitative estimate of drug-likeness (QED) is 0.883. The SMILES string of the molecule is CCNC(Cc1cn(C)nn1)c1cscc1C. The molecule has 0 aliphatic rings. The van der Waals surface area contributed by atoms with Gasteiger partial charge in [-0.05, 0) is 35.4 Å². The highest BCUT2D eigenvalue weighted by molar-refractivity contribution is 7.08. The van der Waals surface area contributed by atoms with E-state index in [0.29, 0.717) is 6.04 Å². The molecule has 5 heteroatoms. The summed E-state index contributed by atoms with van der Waals surface area (Å²) in [7, 11) is 1.90. The molecule has 1 unspecified atom stereocenters. The molecule has 0 fully saturated rings. The van der Waals surface area contributed by atoms with Gasteiger partial charge in [0.2, 0.25) is 0 Å². The Hall–Kier alpha value is -1.20. The summed E-state index contributed by atoms with van der Waals surface area (Å²) in [6.07, 6.45) is 2.87. The van der Waals surface area contributed by atoms with Crippen LogP contribution in [-0.2, 0) is 13.5 Å². The molecule has 0 bridgehead atoms. The van der Waals surface area contributed by atoms with Gasteiger partial charge < -0.3 is 5.32 Å². The molecule has 2 heterocycles. The van der Waals surface area contributed by atoms with Gasteiger partial charge >= 0.3 is 0 Å². The van der Waals surface area contributed by atoms with E-state index >= 15 is 0 Å². The van der Waals surface area contributed by atoms with E-state index in [1.54, 1.807) is 16.0 Å². The lowest BCUT2D eigenvalue weighted by molar-refractivity contribution is 0.543. The van der Waals surface area contributed by atoms with Gasteiger partial charge in [0.05, 0.1) is 5.69 Å². The van der Waals surface area contributed by atoms with E-state index in [1.807, 2.05) is 13.2 Å². The fourth-order valence-corrected chi connectivity index (χ4v) is 2.87. The smallest absolute Gasteiger partial charge is 0.0845 e. The van der Waals surface area contributed by atoms with Crippen molar-refractivity contribution in [2.45, 2.75) is 26.3 Å². The van der Waals surface area contributed by atoms with Crippen LogP contribution in [0.5, 0.6) is 0 Å². The number of thiophene rings is 1. The van der Waals surface area contributed by atoms with Crippen LogP contribution in [0.1, 0.15) is 29.8 Å². The van der Waals surface area contributed by atoms with Gasteiger partial charge in [0, 0.05) is 25.7 Å². The van der Waals surface area contributed by atoms with Crippen molar-refractivity contribution in [2.75, 3.05) is 6.54 Å². The highest BCUT2D eigenvalue weighted by Crippen LogP contribution is 2.24. The third-order valence-electron chi connectivity index (χ3n) is 2.78. The van der Waals surface area contributed by atoms with Crippen molar-refractivity contribution in [3.05, 3.63) is 33.8 Å². The Kier molecular flexibility index (Phi) is 3.91. The average Bonchev–Trinajstić information content (AvgIpc) is 2.87. The number of rotatable bonds is 5. The normalized spacial score (nSPS) is 12.9. The number of hydrogen-bond donors (Lipinski definition) is 1. The number of likely N-dealkylation sites (N-methyl/N-ethyl adjacent to an activating group) is 1. The molecule has 0 spiro atoms. The molecule has 1 N–H and O–H groups in total. The summed E-state index contributed by atoms with van der Waals surface area (Å²) in [5, 5.41) is 16.1. The summed E-state index contributed by atoms with van der Waals surface area (Å²) in [6.45, 7) is 5.25. The Balaban J connectivity index is 2.15. The van der Waals surface area contributed by atoms with Gasteiger partial charge in [0.25, 0.3) is 0 Å². The van der Waals surface area contributed by atoms with Gasteiger partial charge in [-0.15, -0.1) is 5.10 Å². The molecule has 0 amide bonds. The Morgan fingerprint density at radius 1 is 1.47 bits per heavy atom. The van der Waals surface area contributed by atoms with Crippen LogP contribution in [0.15, 0.2) is 17.0 Å².